The second-order valence-electron chi connectivity index (χ2n) is 8.12. The van der Waals surface area contributed by atoms with E-state index in [1.807, 2.05) is 13.0 Å². The summed E-state index contributed by atoms with van der Waals surface area (Å²) in [6.07, 6.45) is -2.92. The Hall–Kier alpha value is -3.66. The van der Waals surface area contributed by atoms with Crippen LogP contribution in [-0.4, -0.2) is 35.0 Å². The van der Waals surface area contributed by atoms with Gasteiger partial charge in [0.1, 0.15) is 12.4 Å². The monoisotopic (exact) mass is 490 g/mol. The molecular weight excluding hydrogens is 464 g/mol. The van der Waals surface area contributed by atoms with E-state index in [1.165, 1.54) is 35.1 Å². The van der Waals surface area contributed by atoms with Gasteiger partial charge in [-0.1, -0.05) is 25.1 Å². The number of carbonyl (C=O) groups excluding carboxylic acids is 1. The number of alkyl halides is 3. The minimum atomic E-state index is -4.42. The Morgan fingerprint density at radius 2 is 1.91 bits per heavy atom. The molecule has 1 amide bonds. The summed E-state index contributed by atoms with van der Waals surface area (Å²) in [6.45, 7) is 5.93. The van der Waals surface area contributed by atoms with Crippen LogP contribution in [-0.2, 0) is 16.1 Å². The van der Waals surface area contributed by atoms with Crippen LogP contribution in [0.25, 0.3) is 16.9 Å². The van der Waals surface area contributed by atoms with Gasteiger partial charge in [0.05, 0.1) is 23.9 Å². The first-order valence-electron chi connectivity index (χ1n) is 10.8. The average molecular weight is 491 g/mol. The van der Waals surface area contributed by atoms with Crippen LogP contribution in [0.15, 0.2) is 61.3 Å². The molecule has 0 fully saturated rings. The zero-order valence-corrected chi connectivity index (χ0v) is 19.3. The zero-order chi connectivity index (χ0) is 25.6. The number of rotatable bonds is 10. The minimum Gasteiger partial charge on any atom is -0.391 e. The summed E-state index contributed by atoms with van der Waals surface area (Å²) in [7, 11) is 0. The first-order valence-corrected chi connectivity index (χ1v) is 10.8. The lowest BCUT2D eigenvalue weighted by Gasteiger charge is -2.12. The highest BCUT2D eigenvalue weighted by atomic mass is 19.4. The van der Waals surface area contributed by atoms with Gasteiger partial charge in [-0.25, -0.2) is 9.07 Å². The number of hydrogen-bond donors (Lipinski definition) is 2. The zero-order valence-electron chi connectivity index (χ0n) is 19.3. The lowest BCUT2D eigenvalue weighted by Crippen LogP contribution is -2.28. The van der Waals surface area contributed by atoms with Crippen LogP contribution in [0, 0.1) is 18.7 Å². The van der Waals surface area contributed by atoms with Crippen molar-refractivity contribution < 1.29 is 27.1 Å². The number of anilines is 1. The van der Waals surface area contributed by atoms with Gasteiger partial charge >= 0.3 is 6.18 Å². The lowest BCUT2D eigenvalue weighted by molar-refractivity contribution is -0.176. The molecule has 1 atom stereocenters. The molecule has 2 aromatic carbocycles. The predicted octanol–water partition coefficient (Wildman–Crippen LogP) is 5.37. The molecule has 0 saturated carbocycles. The molecule has 186 valence electrons. The second kappa shape index (κ2) is 11.2. The van der Waals surface area contributed by atoms with E-state index in [2.05, 4.69) is 22.3 Å². The quantitative estimate of drug-likeness (QED) is 0.375. The summed E-state index contributed by atoms with van der Waals surface area (Å²) in [4.78, 5) is 12.6. The van der Waals surface area contributed by atoms with Crippen molar-refractivity contribution in [1.29, 1.82) is 0 Å². The number of nitrogens with zero attached hydrogens (tertiary/aromatic N) is 2. The molecule has 0 bridgehead atoms. The third-order valence-corrected chi connectivity index (χ3v) is 5.02. The van der Waals surface area contributed by atoms with Crippen molar-refractivity contribution in [3.05, 3.63) is 78.3 Å². The third kappa shape index (κ3) is 7.41. The van der Waals surface area contributed by atoms with E-state index in [1.54, 1.807) is 25.1 Å². The van der Waals surface area contributed by atoms with Gasteiger partial charge in [0.15, 0.2) is 5.82 Å². The van der Waals surface area contributed by atoms with Crippen LogP contribution in [0.5, 0.6) is 0 Å². The number of benzene rings is 2. The van der Waals surface area contributed by atoms with Crippen molar-refractivity contribution in [2.45, 2.75) is 26.6 Å². The van der Waals surface area contributed by atoms with E-state index >= 15 is 0 Å². The molecule has 10 heteroatoms. The third-order valence-electron chi connectivity index (χ3n) is 5.02. The first-order chi connectivity index (χ1) is 16.6. The van der Waals surface area contributed by atoms with Crippen LogP contribution >= 0.6 is 0 Å². The van der Waals surface area contributed by atoms with E-state index in [9.17, 15) is 22.4 Å². The molecule has 3 rings (SSSR count). The molecule has 1 heterocycles. The summed E-state index contributed by atoms with van der Waals surface area (Å²) >= 11 is 0. The van der Waals surface area contributed by atoms with E-state index < -0.39 is 18.6 Å². The Kier molecular flexibility index (Phi) is 8.29. The summed E-state index contributed by atoms with van der Waals surface area (Å²) in [5.74, 6) is -0.778. The molecule has 0 aliphatic carbocycles. The predicted molar refractivity (Wildman–Crippen MR) is 125 cm³/mol. The van der Waals surface area contributed by atoms with E-state index in [0.717, 1.165) is 5.56 Å². The molecular formula is C25H26F4N4O2. The summed E-state index contributed by atoms with van der Waals surface area (Å²) in [6, 6.07) is 12.6. The Morgan fingerprint density at radius 3 is 2.57 bits per heavy atom. The van der Waals surface area contributed by atoms with Crippen molar-refractivity contribution >= 4 is 11.7 Å². The molecule has 6 nitrogen and oxygen atoms in total. The topological polar surface area (TPSA) is 68.2 Å². The molecule has 0 aliphatic heterocycles. The molecule has 2 N–H and O–H groups in total. The summed E-state index contributed by atoms with van der Waals surface area (Å²) < 4.78 is 57.3. The van der Waals surface area contributed by atoms with Crippen molar-refractivity contribution in [3.8, 4) is 16.9 Å². The van der Waals surface area contributed by atoms with E-state index in [-0.39, 0.29) is 24.2 Å². The van der Waals surface area contributed by atoms with Crippen LogP contribution < -0.4 is 10.6 Å². The van der Waals surface area contributed by atoms with Crippen molar-refractivity contribution in [2.24, 2.45) is 5.92 Å². The number of amides is 1. The van der Waals surface area contributed by atoms with Crippen molar-refractivity contribution in [2.75, 3.05) is 18.5 Å². The Labute approximate surface area is 200 Å². The van der Waals surface area contributed by atoms with Gasteiger partial charge in [-0.2, -0.15) is 13.2 Å². The van der Waals surface area contributed by atoms with Crippen LogP contribution in [0.4, 0.5) is 23.4 Å². The minimum absolute atomic E-state index is 0.226. The first kappa shape index (κ1) is 26.0. The van der Waals surface area contributed by atoms with Gasteiger partial charge in [-0.05, 0) is 55.1 Å². The van der Waals surface area contributed by atoms with E-state index in [0.29, 0.717) is 29.1 Å². The Morgan fingerprint density at radius 1 is 1.20 bits per heavy atom. The maximum Gasteiger partial charge on any atom is 0.411 e. The number of aryl methyl sites for hydroxylation is 1. The fourth-order valence-corrected chi connectivity index (χ4v) is 3.41. The number of carbonyl (C=O) groups is 1. The number of hydrogen-bond acceptors (Lipinski definition) is 4. The molecule has 0 saturated heterocycles. The second-order valence-corrected chi connectivity index (χ2v) is 8.12. The highest BCUT2D eigenvalue weighted by Crippen LogP contribution is 2.29. The van der Waals surface area contributed by atoms with Crippen molar-refractivity contribution in [1.82, 2.24) is 15.1 Å². The van der Waals surface area contributed by atoms with Crippen molar-refractivity contribution in [3.63, 3.8) is 0 Å². The van der Waals surface area contributed by atoms with Crippen LogP contribution in [0.1, 0.15) is 18.1 Å². The maximum atomic E-state index is 13.5. The van der Waals surface area contributed by atoms with Gasteiger partial charge in [0.25, 0.3) is 0 Å². The van der Waals surface area contributed by atoms with Gasteiger partial charge in [0.2, 0.25) is 5.91 Å². The maximum absolute atomic E-state index is 13.5. The Bertz CT molecular complexity index is 1170. The van der Waals surface area contributed by atoms with Crippen LogP contribution in [0.2, 0.25) is 0 Å². The van der Waals surface area contributed by atoms with Crippen LogP contribution in [0.3, 0.4) is 0 Å². The molecule has 1 aromatic heterocycles. The number of halogens is 4. The molecule has 0 aliphatic rings. The van der Waals surface area contributed by atoms with Gasteiger partial charge < -0.3 is 15.4 Å². The highest BCUT2D eigenvalue weighted by molar-refractivity contribution is 5.92. The number of ether oxygens (including phenoxy) is 1. The lowest BCUT2D eigenvalue weighted by atomic mass is 10.0. The smallest absolute Gasteiger partial charge is 0.391 e. The number of nitrogens with one attached hydrogen (secondary N) is 2. The van der Waals surface area contributed by atoms with Gasteiger partial charge in [-0.15, -0.1) is 5.10 Å². The fraction of sp³-hybridized carbons (Fsp3) is 0.280. The molecule has 0 spiro atoms. The highest BCUT2D eigenvalue weighted by Gasteiger charge is 2.27. The summed E-state index contributed by atoms with van der Waals surface area (Å²) in [5, 5.41) is 10.1. The molecule has 35 heavy (non-hydrogen) atoms. The fourth-order valence-electron chi connectivity index (χ4n) is 3.41. The molecule has 0 unspecified atom stereocenters. The number of aromatic nitrogens is 2. The standard InChI is InChI=1S/C25H26F4N4O2/c1-4-30-13-17(3)24(34)31-23-12-22(33(32-23)21-7-5-20(26)6-8-21)19-10-16(2)9-18(11-19)14-35-15-25(27,28)29/h4-12,17,30H,1,13-15H2,2-3H3,(H,31,32,34)/t17-/m1/s1. The molecule has 0 radical (unpaired) electrons. The van der Waals surface area contributed by atoms with Gasteiger partial charge in [0, 0.05) is 18.2 Å². The Balaban J connectivity index is 1.96. The normalized spacial score (nSPS) is 12.3. The SMILES string of the molecule is C=CNC[C@@H](C)C(=O)Nc1cc(-c2cc(C)cc(COCC(F)(F)F)c2)n(-c2ccc(F)cc2)n1. The summed E-state index contributed by atoms with van der Waals surface area (Å²) in [5.41, 5.74) is 3.10. The van der Waals surface area contributed by atoms with E-state index in [4.69, 9.17) is 4.74 Å². The van der Waals surface area contributed by atoms with Gasteiger partial charge in [-0.3, -0.25) is 4.79 Å². The molecule has 3 aromatic rings. The average Bonchev–Trinajstić information content (AvgIpc) is 3.20. The largest absolute Gasteiger partial charge is 0.411 e.